The maximum Gasteiger partial charge on any atom is 0.281 e. The Balaban J connectivity index is 1.74. The lowest BCUT2D eigenvalue weighted by Crippen LogP contribution is -2.46. The Morgan fingerprint density at radius 2 is 1.90 bits per heavy atom. The number of ether oxygens (including phenoxy) is 2. The van der Waals surface area contributed by atoms with Gasteiger partial charge in [0.1, 0.15) is 11.5 Å². The van der Waals surface area contributed by atoms with Crippen molar-refractivity contribution in [1.82, 2.24) is 0 Å². The first-order valence-electron chi connectivity index (χ1n) is 6.61. The van der Waals surface area contributed by atoms with E-state index in [1.54, 1.807) is 0 Å². The largest absolute Gasteiger partial charge is 0.449 e. The standard InChI is InChI=1S/C16H13BrO3/c17-11-5-6-13-10(9-11)7-8-16(19-13)15(18)12-3-1-2-4-14(12)20-16/h1-6,9,15,18H,7-8H2/t15-,16+/m0/s1. The van der Waals surface area contributed by atoms with Crippen LogP contribution in [0.1, 0.15) is 23.7 Å². The number of aliphatic hydroxyl groups is 1. The molecule has 0 amide bonds. The Morgan fingerprint density at radius 3 is 2.75 bits per heavy atom. The van der Waals surface area contributed by atoms with Gasteiger partial charge in [-0.1, -0.05) is 34.1 Å². The van der Waals surface area contributed by atoms with E-state index in [9.17, 15) is 5.11 Å². The van der Waals surface area contributed by atoms with Crippen LogP contribution in [0.15, 0.2) is 46.9 Å². The summed E-state index contributed by atoms with van der Waals surface area (Å²) < 4.78 is 13.0. The molecule has 3 nitrogen and oxygen atoms in total. The van der Waals surface area contributed by atoms with Crippen LogP contribution in [0.2, 0.25) is 0 Å². The first-order valence-corrected chi connectivity index (χ1v) is 7.41. The minimum Gasteiger partial charge on any atom is -0.449 e. The van der Waals surface area contributed by atoms with Gasteiger partial charge in [-0.25, -0.2) is 0 Å². The molecule has 0 saturated heterocycles. The van der Waals surface area contributed by atoms with Gasteiger partial charge >= 0.3 is 0 Å². The Labute approximate surface area is 125 Å². The molecule has 0 bridgehead atoms. The number of hydrogen-bond acceptors (Lipinski definition) is 3. The Hall–Kier alpha value is -1.52. The fourth-order valence-electron chi connectivity index (χ4n) is 2.93. The molecule has 2 atom stereocenters. The third-order valence-electron chi connectivity index (χ3n) is 3.96. The lowest BCUT2D eigenvalue weighted by molar-refractivity contribution is -0.179. The zero-order chi connectivity index (χ0) is 13.7. The number of aryl methyl sites for hydroxylation is 1. The second-order valence-corrected chi connectivity index (χ2v) is 6.12. The van der Waals surface area contributed by atoms with Crippen LogP contribution in [0.25, 0.3) is 0 Å². The van der Waals surface area contributed by atoms with Crippen molar-refractivity contribution < 1.29 is 14.6 Å². The van der Waals surface area contributed by atoms with Gasteiger partial charge in [-0.2, -0.15) is 0 Å². The first-order chi connectivity index (χ1) is 9.68. The minimum absolute atomic E-state index is 0.631. The van der Waals surface area contributed by atoms with Gasteiger partial charge < -0.3 is 14.6 Å². The molecule has 0 saturated carbocycles. The average Bonchev–Trinajstić information content (AvgIpc) is 2.73. The predicted molar refractivity (Wildman–Crippen MR) is 77.9 cm³/mol. The van der Waals surface area contributed by atoms with Crippen molar-refractivity contribution in [3.63, 3.8) is 0 Å². The van der Waals surface area contributed by atoms with Crippen LogP contribution in [-0.2, 0) is 6.42 Å². The second kappa shape index (κ2) is 4.24. The zero-order valence-corrected chi connectivity index (χ0v) is 12.3. The molecule has 2 heterocycles. The normalized spacial score (nSPS) is 26.6. The fourth-order valence-corrected chi connectivity index (χ4v) is 3.34. The van der Waals surface area contributed by atoms with E-state index < -0.39 is 11.9 Å². The van der Waals surface area contributed by atoms with Crippen molar-refractivity contribution in [2.45, 2.75) is 24.7 Å². The summed E-state index contributed by atoms with van der Waals surface area (Å²) in [5.41, 5.74) is 1.94. The Bertz CT molecular complexity index is 685. The number of benzene rings is 2. The van der Waals surface area contributed by atoms with E-state index in [0.717, 1.165) is 27.8 Å². The maximum absolute atomic E-state index is 10.6. The summed E-state index contributed by atoms with van der Waals surface area (Å²) in [4.78, 5) is 0. The monoisotopic (exact) mass is 332 g/mol. The molecule has 2 aromatic rings. The van der Waals surface area contributed by atoms with Gasteiger partial charge in [0.25, 0.3) is 5.79 Å². The molecule has 0 unspecified atom stereocenters. The van der Waals surface area contributed by atoms with Gasteiger partial charge in [0, 0.05) is 16.5 Å². The molecule has 1 spiro atoms. The summed E-state index contributed by atoms with van der Waals surface area (Å²) >= 11 is 3.46. The highest BCUT2D eigenvalue weighted by Crippen LogP contribution is 2.49. The van der Waals surface area contributed by atoms with Crippen molar-refractivity contribution in [1.29, 1.82) is 0 Å². The van der Waals surface area contributed by atoms with Crippen LogP contribution in [0.5, 0.6) is 11.5 Å². The Morgan fingerprint density at radius 1 is 1.10 bits per heavy atom. The molecule has 0 aromatic heterocycles. The van der Waals surface area contributed by atoms with Gasteiger partial charge in [-0.05, 0) is 36.2 Å². The molecule has 0 aliphatic carbocycles. The molecular weight excluding hydrogens is 320 g/mol. The lowest BCUT2D eigenvalue weighted by Gasteiger charge is -2.36. The maximum atomic E-state index is 10.6. The summed E-state index contributed by atoms with van der Waals surface area (Å²) in [6, 6.07) is 13.5. The van der Waals surface area contributed by atoms with Gasteiger partial charge in [-0.15, -0.1) is 0 Å². The molecule has 1 N–H and O–H groups in total. The van der Waals surface area contributed by atoms with Gasteiger partial charge in [0.15, 0.2) is 6.10 Å². The fraction of sp³-hybridized carbons (Fsp3) is 0.250. The van der Waals surface area contributed by atoms with Crippen molar-refractivity contribution in [2.75, 3.05) is 0 Å². The number of halogens is 1. The molecule has 2 aliphatic heterocycles. The number of rotatable bonds is 0. The van der Waals surface area contributed by atoms with Crippen LogP contribution in [0.3, 0.4) is 0 Å². The number of para-hydroxylation sites is 1. The number of aliphatic hydroxyl groups excluding tert-OH is 1. The SMILES string of the molecule is O[C@H]1c2ccccc2O[C@]12CCc1cc(Br)ccc1O2. The minimum atomic E-state index is -0.982. The summed E-state index contributed by atoms with van der Waals surface area (Å²) in [7, 11) is 0. The highest BCUT2D eigenvalue weighted by molar-refractivity contribution is 9.10. The Kier molecular flexibility index (Phi) is 2.59. The second-order valence-electron chi connectivity index (χ2n) is 5.21. The first kappa shape index (κ1) is 12.2. The quantitative estimate of drug-likeness (QED) is 0.801. The van der Waals surface area contributed by atoms with E-state index in [-0.39, 0.29) is 0 Å². The molecular formula is C16H13BrO3. The molecule has 102 valence electrons. The van der Waals surface area contributed by atoms with Crippen molar-refractivity contribution >= 4 is 15.9 Å². The van der Waals surface area contributed by atoms with Crippen molar-refractivity contribution in [3.8, 4) is 11.5 Å². The third-order valence-corrected chi connectivity index (χ3v) is 4.45. The van der Waals surface area contributed by atoms with Gasteiger partial charge in [-0.3, -0.25) is 0 Å². The third kappa shape index (κ3) is 1.68. The highest BCUT2D eigenvalue weighted by Gasteiger charge is 2.51. The van der Waals surface area contributed by atoms with E-state index in [4.69, 9.17) is 9.47 Å². The number of hydrogen-bond donors (Lipinski definition) is 1. The molecule has 4 rings (SSSR count). The van der Waals surface area contributed by atoms with E-state index >= 15 is 0 Å². The lowest BCUT2D eigenvalue weighted by atomic mass is 9.94. The topological polar surface area (TPSA) is 38.7 Å². The molecule has 20 heavy (non-hydrogen) atoms. The van der Waals surface area contributed by atoms with Crippen LogP contribution in [0, 0.1) is 0 Å². The highest BCUT2D eigenvalue weighted by atomic mass is 79.9. The average molecular weight is 333 g/mol. The smallest absolute Gasteiger partial charge is 0.281 e. The molecule has 2 aliphatic rings. The van der Waals surface area contributed by atoms with E-state index in [1.807, 2.05) is 36.4 Å². The van der Waals surface area contributed by atoms with Crippen LogP contribution in [-0.4, -0.2) is 10.9 Å². The van der Waals surface area contributed by atoms with Gasteiger partial charge in [0.05, 0.1) is 0 Å². The van der Waals surface area contributed by atoms with Crippen molar-refractivity contribution in [2.24, 2.45) is 0 Å². The molecule has 2 aromatic carbocycles. The van der Waals surface area contributed by atoms with Crippen LogP contribution in [0.4, 0.5) is 0 Å². The summed E-state index contributed by atoms with van der Waals surface area (Å²) in [5, 5.41) is 10.6. The molecule has 0 fully saturated rings. The van der Waals surface area contributed by atoms with E-state index in [0.29, 0.717) is 12.2 Å². The zero-order valence-electron chi connectivity index (χ0n) is 10.7. The summed E-state index contributed by atoms with van der Waals surface area (Å²) in [6.07, 6.45) is 0.696. The van der Waals surface area contributed by atoms with Gasteiger partial charge in [0.2, 0.25) is 0 Å². The van der Waals surface area contributed by atoms with Crippen LogP contribution < -0.4 is 9.47 Å². The van der Waals surface area contributed by atoms with E-state index in [2.05, 4.69) is 22.0 Å². The number of fused-ring (bicyclic) bond motifs is 2. The van der Waals surface area contributed by atoms with Crippen molar-refractivity contribution in [3.05, 3.63) is 58.1 Å². The van der Waals surface area contributed by atoms with Crippen LogP contribution >= 0.6 is 15.9 Å². The summed E-state index contributed by atoms with van der Waals surface area (Å²) in [6.45, 7) is 0. The van der Waals surface area contributed by atoms with E-state index in [1.165, 1.54) is 0 Å². The molecule has 0 radical (unpaired) electrons. The summed E-state index contributed by atoms with van der Waals surface area (Å²) in [5.74, 6) is 0.511. The predicted octanol–water partition coefficient (Wildman–Crippen LogP) is 3.60. The molecule has 4 heteroatoms.